The van der Waals surface area contributed by atoms with Crippen LogP contribution in [-0.2, 0) is 4.79 Å². The quantitative estimate of drug-likeness (QED) is 0.495. The predicted octanol–water partition coefficient (Wildman–Crippen LogP) is 4.53. The Morgan fingerprint density at radius 2 is 1.96 bits per heavy atom. The Bertz CT molecular complexity index is 1040. The number of carbonyl (C=O) groups is 2. The predicted molar refractivity (Wildman–Crippen MR) is 116 cm³/mol. The summed E-state index contributed by atoms with van der Waals surface area (Å²) >= 11 is 9.95. The standard InChI is InChI=1S/C18H15BrN4O2S2/c1-2-15(24)22-18-21-13-8-7-10(9-14(13)27-18)20-17(26)23-16(25)11-5-3-4-6-12(11)19/h3-9H,2H2,1H3,(H,21,22,24)(H2,20,23,25,26). The zero-order valence-electron chi connectivity index (χ0n) is 14.2. The van der Waals surface area contributed by atoms with Gasteiger partial charge in [0, 0.05) is 16.6 Å². The van der Waals surface area contributed by atoms with Crippen LogP contribution in [0.3, 0.4) is 0 Å². The number of amides is 2. The second kappa shape index (κ2) is 8.55. The Labute approximate surface area is 173 Å². The number of fused-ring (bicyclic) bond motifs is 1. The summed E-state index contributed by atoms with van der Waals surface area (Å²) in [5, 5.41) is 9.15. The molecule has 0 unspecified atom stereocenters. The summed E-state index contributed by atoms with van der Waals surface area (Å²) in [5.41, 5.74) is 1.99. The van der Waals surface area contributed by atoms with Gasteiger partial charge in [-0.1, -0.05) is 30.4 Å². The van der Waals surface area contributed by atoms with E-state index in [1.807, 2.05) is 24.3 Å². The fourth-order valence-electron chi connectivity index (χ4n) is 2.24. The third-order valence-electron chi connectivity index (χ3n) is 3.56. The number of thiocarbonyl (C=S) groups is 1. The highest BCUT2D eigenvalue weighted by molar-refractivity contribution is 9.10. The Kier molecular flexibility index (Phi) is 6.15. The lowest BCUT2D eigenvalue weighted by Gasteiger charge is -2.10. The van der Waals surface area contributed by atoms with Crippen LogP contribution in [0.25, 0.3) is 10.2 Å². The van der Waals surface area contributed by atoms with E-state index >= 15 is 0 Å². The molecule has 1 heterocycles. The van der Waals surface area contributed by atoms with E-state index in [4.69, 9.17) is 12.2 Å². The van der Waals surface area contributed by atoms with Crippen molar-refractivity contribution in [3.05, 3.63) is 52.5 Å². The Morgan fingerprint density at radius 1 is 1.19 bits per heavy atom. The van der Waals surface area contributed by atoms with Gasteiger partial charge in [-0.3, -0.25) is 14.9 Å². The monoisotopic (exact) mass is 462 g/mol. The largest absolute Gasteiger partial charge is 0.332 e. The van der Waals surface area contributed by atoms with Gasteiger partial charge < -0.3 is 10.6 Å². The summed E-state index contributed by atoms with van der Waals surface area (Å²) < 4.78 is 1.59. The Hall–Kier alpha value is -2.36. The summed E-state index contributed by atoms with van der Waals surface area (Å²) in [5.74, 6) is -0.383. The highest BCUT2D eigenvalue weighted by Gasteiger charge is 2.12. The van der Waals surface area contributed by atoms with Gasteiger partial charge in [0.05, 0.1) is 15.8 Å². The Morgan fingerprint density at radius 3 is 2.70 bits per heavy atom. The van der Waals surface area contributed by atoms with E-state index in [0.717, 1.165) is 15.9 Å². The maximum Gasteiger partial charge on any atom is 0.258 e. The van der Waals surface area contributed by atoms with Crippen molar-refractivity contribution in [2.45, 2.75) is 13.3 Å². The van der Waals surface area contributed by atoms with Crippen LogP contribution in [0, 0.1) is 0 Å². The van der Waals surface area contributed by atoms with Crippen LogP contribution in [0.4, 0.5) is 10.8 Å². The normalized spacial score (nSPS) is 10.4. The first-order chi connectivity index (χ1) is 13.0. The first-order valence-electron chi connectivity index (χ1n) is 8.03. The number of aromatic nitrogens is 1. The van der Waals surface area contributed by atoms with Crippen molar-refractivity contribution in [3.8, 4) is 0 Å². The van der Waals surface area contributed by atoms with Gasteiger partial charge in [-0.05, 0) is 58.5 Å². The number of nitrogens with zero attached hydrogens (tertiary/aromatic N) is 1. The van der Waals surface area contributed by atoms with Crippen LogP contribution >= 0.6 is 39.5 Å². The minimum Gasteiger partial charge on any atom is -0.332 e. The topological polar surface area (TPSA) is 83.1 Å². The molecular formula is C18H15BrN4O2S2. The van der Waals surface area contributed by atoms with Crippen LogP contribution in [0.2, 0.25) is 0 Å². The van der Waals surface area contributed by atoms with Crippen molar-refractivity contribution in [3.63, 3.8) is 0 Å². The van der Waals surface area contributed by atoms with E-state index in [9.17, 15) is 9.59 Å². The highest BCUT2D eigenvalue weighted by Crippen LogP contribution is 2.28. The zero-order chi connectivity index (χ0) is 19.4. The summed E-state index contributed by atoms with van der Waals surface area (Å²) in [6.45, 7) is 1.79. The third-order valence-corrected chi connectivity index (χ3v) is 5.39. The maximum absolute atomic E-state index is 12.3. The number of hydrogen-bond donors (Lipinski definition) is 3. The molecule has 0 radical (unpaired) electrons. The average Bonchev–Trinajstić information content (AvgIpc) is 3.03. The van der Waals surface area contributed by atoms with Gasteiger partial charge in [-0.15, -0.1) is 0 Å². The first kappa shape index (κ1) is 19.4. The number of anilines is 2. The molecule has 0 atom stereocenters. The molecule has 3 rings (SSSR count). The molecule has 3 N–H and O–H groups in total. The minimum absolute atomic E-state index is 0.0802. The second-order valence-corrected chi connectivity index (χ2v) is 7.78. The summed E-state index contributed by atoms with van der Waals surface area (Å²) in [7, 11) is 0. The zero-order valence-corrected chi connectivity index (χ0v) is 17.4. The van der Waals surface area contributed by atoms with Crippen molar-refractivity contribution < 1.29 is 9.59 Å². The van der Waals surface area contributed by atoms with Gasteiger partial charge in [-0.2, -0.15) is 0 Å². The molecule has 0 aliphatic heterocycles. The third kappa shape index (κ3) is 4.88. The molecule has 9 heteroatoms. The number of carbonyl (C=O) groups excluding carboxylic acids is 2. The number of halogens is 1. The van der Waals surface area contributed by atoms with E-state index < -0.39 is 0 Å². The molecule has 6 nitrogen and oxygen atoms in total. The number of nitrogens with one attached hydrogen (secondary N) is 3. The van der Waals surface area contributed by atoms with Crippen molar-refractivity contribution in [2.75, 3.05) is 10.6 Å². The molecule has 0 aliphatic rings. The molecular weight excluding hydrogens is 448 g/mol. The minimum atomic E-state index is -0.302. The van der Waals surface area contributed by atoms with E-state index in [0.29, 0.717) is 21.6 Å². The van der Waals surface area contributed by atoms with Crippen molar-refractivity contribution in [1.82, 2.24) is 10.3 Å². The van der Waals surface area contributed by atoms with E-state index in [1.165, 1.54) is 11.3 Å². The molecule has 0 saturated carbocycles. The van der Waals surface area contributed by atoms with E-state index in [-0.39, 0.29) is 16.9 Å². The lowest BCUT2D eigenvalue weighted by Crippen LogP contribution is -2.34. The molecule has 0 aliphatic carbocycles. The van der Waals surface area contributed by atoms with Crippen molar-refractivity contribution >= 4 is 77.4 Å². The number of hydrogen-bond acceptors (Lipinski definition) is 5. The van der Waals surface area contributed by atoms with E-state index in [1.54, 1.807) is 25.1 Å². The lowest BCUT2D eigenvalue weighted by atomic mass is 10.2. The van der Waals surface area contributed by atoms with Crippen molar-refractivity contribution in [2.24, 2.45) is 0 Å². The molecule has 2 aromatic carbocycles. The number of thiazole rings is 1. The van der Waals surface area contributed by atoms with Gasteiger partial charge in [0.25, 0.3) is 5.91 Å². The number of benzene rings is 2. The van der Waals surface area contributed by atoms with Crippen LogP contribution in [0.1, 0.15) is 23.7 Å². The van der Waals surface area contributed by atoms with Crippen LogP contribution in [0.15, 0.2) is 46.9 Å². The van der Waals surface area contributed by atoms with Gasteiger partial charge in [0.15, 0.2) is 10.2 Å². The smallest absolute Gasteiger partial charge is 0.258 e. The highest BCUT2D eigenvalue weighted by atomic mass is 79.9. The second-order valence-electron chi connectivity index (χ2n) is 5.49. The summed E-state index contributed by atoms with van der Waals surface area (Å²) in [6.07, 6.45) is 0.397. The molecule has 1 aromatic heterocycles. The molecule has 3 aromatic rings. The Balaban J connectivity index is 1.68. The van der Waals surface area contributed by atoms with Gasteiger partial charge in [0.2, 0.25) is 5.91 Å². The first-order valence-corrected chi connectivity index (χ1v) is 10.1. The number of rotatable bonds is 4. The molecule has 0 bridgehead atoms. The van der Waals surface area contributed by atoms with Crippen LogP contribution in [-0.4, -0.2) is 21.9 Å². The molecule has 0 saturated heterocycles. The fraction of sp³-hybridized carbons (Fsp3) is 0.111. The SMILES string of the molecule is CCC(=O)Nc1nc2ccc(NC(=S)NC(=O)c3ccccc3Br)cc2s1. The van der Waals surface area contributed by atoms with Gasteiger partial charge in [0.1, 0.15) is 0 Å². The average molecular weight is 463 g/mol. The summed E-state index contributed by atoms with van der Waals surface area (Å²) in [4.78, 5) is 28.2. The van der Waals surface area contributed by atoms with Gasteiger partial charge >= 0.3 is 0 Å². The molecule has 27 heavy (non-hydrogen) atoms. The maximum atomic E-state index is 12.3. The molecule has 138 valence electrons. The summed E-state index contributed by atoms with van der Waals surface area (Å²) in [6, 6.07) is 12.6. The molecule has 0 fully saturated rings. The van der Waals surface area contributed by atoms with Crippen LogP contribution in [0.5, 0.6) is 0 Å². The molecule has 2 amide bonds. The molecule has 0 spiro atoms. The lowest BCUT2D eigenvalue weighted by molar-refractivity contribution is -0.115. The van der Waals surface area contributed by atoms with Crippen LogP contribution < -0.4 is 16.0 Å². The van der Waals surface area contributed by atoms with E-state index in [2.05, 4.69) is 36.9 Å². The van der Waals surface area contributed by atoms with Gasteiger partial charge in [-0.25, -0.2) is 4.98 Å². The fourth-order valence-corrected chi connectivity index (χ4v) is 3.84. The van der Waals surface area contributed by atoms with Crippen molar-refractivity contribution in [1.29, 1.82) is 0 Å².